The minimum atomic E-state index is 0.367. The molecule has 96 valence electrons. The molecule has 1 rings (SSSR count). The number of hydrogen-bond acceptors (Lipinski definition) is 4. The van der Waals surface area contributed by atoms with Gasteiger partial charge in [-0.05, 0) is 22.0 Å². The first kappa shape index (κ1) is 14.7. The van der Waals surface area contributed by atoms with Crippen molar-refractivity contribution < 1.29 is 14.2 Å². The van der Waals surface area contributed by atoms with Gasteiger partial charge in [-0.3, -0.25) is 0 Å². The summed E-state index contributed by atoms with van der Waals surface area (Å²) in [6, 6.07) is 1.89. The molecule has 0 bridgehead atoms. The Bertz CT molecular complexity index is 338. The zero-order valence-electron chi connectivity index (χ0n) is 9.62. The van der Waals surface area contributed by atoms with E-state index in [0.717, 1.165) is 10.0 Å². The zero-order valence-corrected chi connectivity index (χ0v) is 12.0. The van der Waals surface area contributed by atoms with Crippen LogP contribution in [0.5, 0.6) is 5.88 Å². The van der Waals surface area contributed by atoms with Crippen LogP contribution in [-0.4, -0.2) is 38.5 Å². The molecule has 0 N–H and O–H groups in total. The average molecular weight is 325 g/mol. The summed E-state index contributed by atoms with van der Waals surface area (Å²) in [4.78, 5) is 4.15. The molecule has 1 aromatic rings. The molecule has 0 aromatic carbocycles. The van der Waals surface area contributed by atoms with Gasteiger partial charge in [0.05, 0.1) is 25.7 Å². The summed E-state index contributed by atoms with van der Waals surface area (Å²) in [7, 11) is 1.64. The number of hydrogen-bond donors (Lipinski definition) is 0. The number of pyridine rings is 1. The Hall–Kier alpha value is -0.360. The zero-order chi connectivity index (χ0) is 12.5. The SMILES string of the molecule is COCCOCCOc1ncc(Br)cc1CCl. The normalized spacial score (nSPS) is 10.5. The van der Waals surface area contributed by atoms with Crippen LogP contribution in [0.2, 0.25) is 0 Å². The van der Waals surface area contributed by atoms with Crippen molar-refractivity contribution in [3.05, 3.63) is 22.3 Å². The van der Waals surface area contributed by atoms with Crippen molar-refractivity contribution in [3.63, 3.8) is 0 Å². The van der Waals surface area contributed by atoms with Gasteiger partial charge in [-0.15, -0.1) is 11.6 Å². The fourth-order valence-electron chi connectivity index (χ4n) is 1.14. The van der Waals surface area contributed by atoms with Crippen LogP contribution >= 0.6 is 27.5 Å². The predicted molar refractivity (Wildman–Crippen MR) is 69.7 cm³/mol. The average Bonchev–Trinajstić information content (AvgIpc) is 2.35. The summed E-state index contributed by atoms with van der Waals surface area (Å²) in [6.45, 7) is 2.10. The fourth-order valence-corrected chi connectivity index (χ4v) is 1.71. The first-order chi connectivity index (χ1) is 8.27. The van der Waals surface area contributed by atoms with Crippen LogP contribution in [-0.2, 0) is 15.4 Å². The van der Waals surface area contributed by atoms with Gasteiger partial charge in [0.15, 0.2) is 0 Å². The highest BCUT2D eigenvalue weighted by atomic mass is 79.9. The molecule has 0 atom stereocenters. The highest BCUT2D eigenvalue weighted by Gasteiger charge is 2.05. The molecule has 0 unspecified atom stereocenters. The van der Waals surface area contributed by atoms with Crippen LogP contribution in [0.1, 0.15) is 5.56 Å². The molecule has 6 heteroatoms. The first-order valence-electron chi connectivity index (χ1n) is 5.17. The fraction of sp³-hybridized carbons (Fsp3) is 0.545. The van der Waals surface area contributed by atoms with Gasteiger partial charge >= 0.3 is 0 Å². The number of rotatable bonds is 8. The lowest BCUT2D eigenvalue weighted by Crippen LogP contribution is -2.11. The largest absolute Gasteiger partial charge is 0.475 e. The predicted octanol–water partition coefficient (Wildman–Crippen LogP) is 2.62. The number of nitrogens with zero attached hydrogens (tertiary/aromatic N) is 1. The molecule has 0 aliphatic carbocycles. The Morgan fingerprint density at radius 3 is 2.76 bits per heavy atom. The first-order valence-corrected chi connectivity index (χ1v) is 6.50. The number of aromatic nitrogens is 1. The van der Waals surface area contributed by atoms with Crippen molar-refractivity contribution >= 4 is 27.5 Å². The number of ether oxygens (including phenoxy) is 3. The van der Waals surface area contributed by atoms with Gasteiger partial charge in [0.2, 0.25) is 5.88 Å². The maximum atomic E-state index is 5.80. The summed E-state index contributed by atoms with van der Waals surface area (Å²) >= 11 is 9.13. The molecule has 0 saturated carbocycles. The summed E-state index contributed by atoms with van der Waals surface area (Å²) in [5.41, 5.74) is 0.859. The smallest absolute Gasteiger partial charge is 0.217 e. The van der Waals surface area contributed by atoms with Crippen molar-refractivity contribution in [1.29, 1.82) is 0 Å². The highest BCUT2D eigenvalue weighted by Crippen LogP contribution is 2.21. The molecule has 1 heterocycles. The Kier molecular flexibility index (Phi) is 7.51. The van der Waals surface area contributed by atoms with E-state index in [0.29, 0.717) is 38.2 Å². The van der Waals surface area contributed by atoms with E-state index >= 15 is 0 Å². The molecule has 0 radical (unpaired) electrons. The highest BCUT2D eigenvalue weighted by molar-refractivity contribution is 9.10. The molecule has 17 heavy (non-hydrogen) atoms. The summed E-state index contributed by atoms with van der Waals surface area (Å²) in [5.74, 6) is 0.922. The molecular weight excluding hydrogens is 309 g/mol. The molecule has 1 aromatic heterocycles. The van der Waals surface area contributed by atoms with Gasteiger partial charge in [-0.2, -0.15) is 0 Å². The van der Waals surface area contributed by atoms with Crippen LogP contribution in [0.15, 0.2) is 16.7 Å². The van der Waals surface area contributed by atoms with E-state index in [1.807, 2.05) is 6.07 Å². The van der Waals surface area contributed by atoms with Crippen molar-refractivity contribution in [2.75, 3.05) is 33.5 Å². The van der Waals surface area contributed by atoms with Crippen LogP contribution in [0, 0.1) is 0 Å². The second kappa shape index (κ2) is 8.69. The van der Waals surface area contributed by atoms with E-state index in [1.165, 1.54) is 0 Å². The van der Waals surface area contributed by atoms with Crippen molar-refractivity contribution in [2.24, 2.45) is 0 Å². The minimum absolute atomic E-state index is 0.367. The van der Waals surface area contributed by atoms with Crippen molar-refractivity contribution in [3.8, 4) is 5.88 Å². The quantitative estimate of drug-likeness (QED) is 0.544. The topological polar surface area (TPSA) is 40.6 Å². The van der Waals surface area contributed by atoms with E-state index < -0.39 is 0 Å². The van der Waals surface area contributed by atoms with Crippen LogP contribution < -0.4 is 4.74 Å². The van der Waals surface area contributed by atoms with Gasteiger partial charge in [0.1, 0.15) is 6.61 Å². The molecule has 0 aliphatic heterocycles. The third-order valence-electron chi connectivity index (χ3n) is 1.93. The van der Waals surface area contributed by atoms with Crippen LogP contribution in [0.25, 0.3) is 0 Å². The van der Waals surface area contributed by atoms with Gasteiger partial charge in [-0.25, -0.2) is 4.98 Å². The van der Waals surface area contributed by atoms with Crippen molar-refractivity contribution in [2.45, 2.75) is 5.88 Å². The Labute approximate surface area is 114 Å². The molecule has 0 saturated heterocycles. The van der Waals surface area contributed by atoms with E-state index in [-0.39, 0.29) is 0 Å². The van der Waals surface area contributed by atoms with Gasteiger partial charge < -0.3 is 14.2 Å². The number of methoxy groups -OCH3 is 1. The maximum absolute atomic E-state index is 5.80. The number of alkyl halides is 1. The maximum Gasteiger partial charge on any atom is 0.217 e. The molecular formula is C11H15BrClNO3. The van der Waals surface area contributed by atoms with E-state index in [9.17, 15) is 0 Å². The molecule has 0 spiro atoms. The van der Waals surface area contributed by atoms with Crippen LogP contribution in [0.3, 0.4) is 0 Å². The summed E-state index contributed by atoms with van der Waals surface area (Å²) in [5, 5.41) is 0. The van der Waals surface area contributed by atoms with Crippen LogP contribution in [0.4, 0.5) is 0 Å². The van der Waals surface area contributed by atoms with E-state index in [1.54, 1.807) is 13.3 Å². The Balaban J connectivity index is 2.31. The van der Waals surface area contributed by atoms with Gasteiger partial charge in [0, 0.05) is 23.3 Å². The molecule has 0 amide bonds. The van der Waals surface area contributed by atoms with E-state index in [4.69, 9.17) is 25.8 Å². The third-order valence-corrected chi connectivity index (χ3v) is 2.66. The second-order valence-electron chi connectivity index (χ2n) is 3.21. The van der Waals surface area contributed by atoms with Gasteiger partial charge in [-0.1, -0.05) is 0 Å². The lowest BCUT2D eigenvalue weighted by Gasteiger charge is -2.09. The standard InChI is InChI=1S/C11H15BrClNO3/c1-15-2-3-16-4-5-17-11-9(7-13)6-10(12)8-14-11/h6,8H,2-5,7H2,1H3. The molecule has 0 aliphatic rings. The van der Waals surface area contributed by atoms with Crippen molar-refractivity contribution in [1.82, 2.24) is 4.98 Å². The summed E-state index contributed by atoms with van der Waals surface area (Å²) < 4.78 is 16.5. The van der Waals surface area contributed by atoms with E-state index in [2.05, 4.69) is 20.9 Å². The molecule has 0 fully saturated rings. The lowest BCUT2D eigenvalue weighted by molar-refractivity contribution is 0.0535. The Morgan fingerprint density at radius 1 is 1.29 bits per heavy atom. The Morgan fingerprint density at radius 2 is 2.06 bits per heavy atom. The monoisotopic (exact) mass is 323 g/mol. The molecule has 4 nitrogen and oxygen atoms in total. The van der Waals surface area contributed by atoms with Gasteiger partial charge in [0.25, 0.3) is 0 Å². The third kappa shape index (κ3) is 5.68. The lowest BCUT2D eigenvalue weighted by atomic mass is 10.3. The second-order valence-corrected chi connectivity index (χ2v) is 4.39. The summed E-state index contributed by atoms with van der Waals surface area (Å²) in [6.07, 6.45) is 1.68. The minimum Gasteiger partial charge on any atom is -0.475 e. The number of halogens is 2.